The van der Waals surface area contributed by atoms with Gasteiger partial charge >= 0.3 is 0 Å². The van der Waals surface area contributed by atoms with Crippen LogP contribution >= 0.6 is 0 Å². The van der Waals surface area contributed by atoms with Crippen LogP contribution in [0.5, 0.6) is 0 Å². The van der Waals surface area contributed by atoms with Crippen molar-refractivity contribution in [2.75, 3.05) is 44.5 Å². The zero-order chi connectivity index (χ0) is 14.1. The topological polar surface area (TPSA) is 99.6 Å². The lowest BCUT2D eigenvalue weighted by molar-refractivity contribution is 0.0705. The number of nitrogens with one attached hydrogen (secondary N) is 1. The summed E-state index contributed by atoms with van der Waals surface area (Å²) < 4.78 is 10.2. The van der Waals surface area contributed by atoms with Crippen LogP contribution < -0.4 is 16.8 Å². The van der Waals surface area contributed by atoms with E-state index in [1.54, 1.807) is 25.3 Å². The Labute approximate surface area is 113 Å². The summed E-state index contributed by atoms with van der Waals surface area (Å²) >= 11 is 0. The molecule has 0 fully saturated rings. The van der Waals surface area contributed by atoms with Gasteiger partial charge in [-0.1, -0.05) is 0 Å². The Morgan fingerprint density at radius 3 is 2.79 bits per heavy atom. The summed E-state index contributed by atoms with van der Waals surface area (Å²) in [5.41, 5.74) is 12.5. The van der Waals surface area contributed by atoms with E-state index in [0.717, 1.165) is 6.42 Å². The van der Waals surface area contributed by atoms with Crippen LogP contribution in [0.25, 0.3) is 0 Å². The van der Waals surface area contributed by atoms with Gasteiger partial charge in [0, 0.05) is 31.6 Å². The number of nitrogens with two attached hydrogens (primary N) is 2. The van der Waals surface area contributed by atoms with E-state index < -0.39 is 5.91 Å². The predicted octanol–water partition coefficient (Wildman–Crippen LogP) is 0.833. The second-order valence-electron chi connectivity index (χ2n) is 4.05. The van der Waals surface area contributed by atoms with Crippen molar-refractivity contribution in [3.8, 4) is 0 Å². The molecule has 19 heavy (non-hydrogen) atoms. The van der Waals surface area contributed by atoms with Gasteiger partial charge in [0.2, 0.25) is 0 Å². The third-order valence-electron chi connectivity index (χ3n) is 2.52. The molecule has 0 spiro atoms. The van der Waals surface area contributed by atoms with Crippen molar-refractivity contribution < 1.29 is 14.3 Å². The maximum absolute atomic E-state index is 11.3. The monoisotopic (exact) mass is 267 g/mol. The van der Waals surface area contributed by atoms with Crippen LogP contribution in [0.2, 0.25) is 0 Å². The van der Waals surface area contributed by atoms with Gasteiger partial charge in [0.15, 0.2) is 0 Å². The number of amides is 1. The quantitative estimate of drug-likeness (QED) is 0.454. The summed E-state index contributed by atoms with van der Waals surface area (Å²) in [5, 5.41) is 3.15. The van der Waals surface area contributed by atoms with E-state index >= 15 is 0 Å². The average molecular weight is 267 g/mol. The molecule has 6 nitrogen and oxygen atoms in total. The Bertz CT molecular complexity index is 410. The number of benzene rings is 1. The van der Waals surface area contributed by atoms with Gasteiger partial charge in [-0.15, -0.1) is 0 Å². The molecule has 0 saturated heterocycles. The molecule has 0 aliphatic heterocycles. The van der Waals surface area contributed by atoms with Gasteiger partial charge < -0.3 is 26.3 Å². The van der Waals surface area contributed by atoms with E-state index in [1.807, 2.05) is 0 Å². The SMILES string of the molecule is COCCOCCCNc1ccc(N)cc1C(N)=O. The fourth-order valence-electron chi connectivity index (χ4n) is 1.56. The number of hydrogen-bond acceptors (Lipinski definition) is 5. The number of rotatable bonds is 9. The number of carbonyl (C=O) groups is 1. The third kappa shape index (κ3) is 5.58. The third-order valence-corrected chi connectivity index (χ3v) is 2.52. The molecule has 5 N–H and O–H groups in total. The standard InChI is InChI=1S/C13H21N3O3/c1-18-7-8-19-6-2-5-16-12-4-3-10(14)9-11(12)13(15)17/h3-4,9,16H,2,5-8,14H2,1H3,(H2,15,17). The molecule has 0 radical (unpaired) electrons. The van der Waals surface area contributed by atoms with Crippen LogP contribution in [0.3, 0.4) is 0 Å². The Hall–Kier alpha value is -1.79. The van der Waals surface area contributed by atoms with Crippen molar-refractivity contribution in [3.63, 3.8) is 0 Å². The highest BCUT2D eigenvalue weighted by Crippen LogP contribution is 2.18. The molecule has 1 amide bonds. The summed E-state index contributed by atoms with van der Waals surface area (Å²) in [4.78, 5) is 11.3. The summed E-state index contributed by atoms with van der Waals surface area (Å²) in [6, 6.07) is 5.05. The second kappa shape index (κ2) is 8.34. The Balaban J connectivity index is 2.35. The molecular formula is C13H21N3O3. The molecule has 0 heterocycles. The van der Waals surface area contributed by atoms with Crippen LogP contribution in [0.1, 0.15) is 16.8 Å². The molecule has 0 bridgehead atoms. The molecule has 0 saturated carbocycles. The van der Waals surface area contributed by atoms with Crippen molar-refractivity contribution >= 4 is 17.3 Å². The largest absolute Gasteiger partial charge is 0.399 e. The molecule has 0 aromatic heterocycles. The van der Waals surface area contributed by atoms with Gasteiger partial charge in [-0.3, -0.25) is 4.79 Å². The zero-order valence-electron chi connectivity index (χ0n) is 11.1. The van der Waals surface area contributed by atoms with Crippen molar-refractivity contribution in [2.24, 2.45) is 5.73 Å². The van der Waals surface area contributed by atoms with Crippen molar-refractivity contribution in [1.29, 1.82) is 0 Å². The zero-order valence-corrected chi connectivity index (χ0v) is 11.1. The first-order valence-corrected chi connectivity index (χ1v) is 6.15. The first kappa shape index (κ1) is 15.3. The minimum atomic E-state index is -0.494. The molecule has 0 aliphatic rings. The molecule has 1 aromatic carbocycles. The van der Waals surface area contributed by atoms with Crippen LogP contribution in [-0.2, 0) is 9.47 Å². The highest BCUT2D eigenvalue weighted by molar-refractivity contribution is 5.99. The lowest BCUT2D eigenvalue weighted by Crippen LogP contribution is -2.16. The maximum atomic E-state index is 11.3. The lowest BCUT2D eigenvalue weighted by Gasteiger charge is -2.11. The Kier molecular flexibility index (Phi) is 6.70. The highest BCUT2D eigenvalue weighted by atomic mass is 16.5. The van der Waals surface area contributed by atoms with Gasteiger partial charge in [0.1, 0.15) is 0 Å². The van der Waals surface area contributed by atoms with Crippen molar-refractivity contribution in [1.82, 2.24) is 0 Å². The van der Waals surface area contributed by atoms with E-state index in [1.165, 1.54) is 0 Å². The molecule has 106 valence electrons. The van der Waals surface area contributed by atoms with Crippen LogP contribution in [0.4, 0.5) is 11.4 Å². The Morgan fingerprint density at radius 2 is 2.11 bits per heavy atom. The van der Waals surface area contributed by atoms with Crippen molar-refractivity contribution in [3.05, 3.63) is 23.8 Å². The number of nitrogen functional groups attached to an aromatic ring is 1. The molecule has 0 atom stereocenters. The van der Waals surface area contributed by atoms with Crippen molar-refractivity contribution in [2.45, 2.75) is 6.42 Å². The van der Waals surface area contributed by atoms with Crippen LogP contribution in [-0.4, -0.2) is 39.4 Å². The van der Waals surface area contributed by atoms with Gasteiger partial charge in [-0.2, -0.15) is 0 Å². The molecule has 0 unspecified atom stereocenters. The number of anilines is 2. The first-order chi connectivity index (χ1) is 9.15. The molecule has 6 heteroatoms. The van der Waals surface area contributed by atoms with E-state index in [-0.39, 0.29) is 0 Å². The number of ether oxygens (including phenoxy) is 2. The lowest BCUT2D eigenvalue weighted by atomic mass is 10.1. The van der Waals surface area contributed by atoms with E-state index in [0.29, 0.717) is 43.3 Å². The fraction of sp³-hybridized carbons (Fsp3) is 0.462. The number of hydrogen-bond donors (Lipinski definition) is 3. The first-order valence-electron chi connectivity index (χ1n) is 6.15. The fourth-order valence-corrected chi connectivity index (χ4v) is 1.56. The smallest absolute Gasteiger partial charge is 0.250 e. The summed E-state index contributed by atoms with van der Waals surface area (Å²) in [6.07, 6.45) is 0.826. The van der Waals surface area contributed by atoms with E-state index in [4.69, 9.17) is 20.9 Å². The predicted molar refractivity (Wildman–Crippen MR) is 75.2 cm³/mol. The minimum absolute atomic E-state index is 0.403. The average Bonchev–Trinajstić information content (AvgIpc) is 2.39. The molecule has 1 rings (SSSR count). The van der Waals surface area contributed by atoms with Gasteiger partial charge in [-0.05, 0) is 24.6 Å². The van der Waals surface area contributed by atoms with Gasteiger partial charge in [0.25, 0.3) is 5.91 Å². The molecular weight excluding hydrogens is 246 g/mol. The highest BCUT2D eigenvalue weighted by Gasteiger charge is 2.07. The number of primary amides is 1. The van der Waals surface area contributed by atoms with E-state index in [9.17, 15) is 4.79 Å². The summed E-state index contributed by atoms with van der Waals surface area (Å²) in [5.74, 6) is -0.494. The van der Waals surface area contributed by atoms with Crippen LogP contribution in [0, 0.1) is 0 Å². The van der Waals surface area contributed by atoms with Crippen LogP contribution in [0.15, 0.2) is 18.2 Å². The normalized spacial score (nSPS) is 10.4. The Morgan fingerprint density at radius 1 is 1.32 bits per heavy atom. The molecule has 1 aromatic rings. The van der Waals surface area contributed by atoms with Gasteiger partial charge in [-0.25, -0.2) is 0 Å². The number of methoxy groups -OCH3 is 1. The summed E-state index contributed by atoms with van der Waals surface area (Å²) in [6.45, 7) is 2.51. The number of carbonyl (C=O) groups excluding carboxylic acids is 1. The van der Waals surface area contributed by atoms with E-state index in [2.05, 4.69) is 5.32 Å². The maximum Gasteiger partial charge on any atom is 0.250 e. The summed E-state index contributed by atoms with van der Waals surface area (Å²) in [7, 11) is 1.64. The molecule has 0 aliphatic carbocycles. The van der Waals surface area contributed by atoms with Gasteiger partial charge in [0.05, 0.1) is 18.8 Å². The second-order valence-corrected chi connectivity index (χ2v) is 4.05. The minimum Gasteiger partial charge on any atom is -0.399 e.